The number of rotatable bonds is 3. The molecule has 1 aromatic heterocycles. The van der Waals surface area contributed by atoms with Crippen LogP contribution < -0.4 is 5.32 Å². The number of amides is 1. The zero-order chi connectivity index (χ0) is 11.4. The van der Waals surface area contributed by atoms with Crippen LogP contribution in [0, 0.1) is 0 Å². The average Bonchev–Trinajstić information content (AvgIpc) is 2.66. The topological polar surface area (TPSA) is 57.8 Å². The summed E-state index contributed by atoms with van der Waals surface area (Å²) in [6.45, 7) is 1.46. The van der Waals surface area contributed by atoms with E-state index in [1.54, 1.807) is 6.20 Å². The Kier molecular flexibility index (Phi) is 3.00. The second kappa shape index (κ2) is 4.61. The molecule has 0 saturated carbocycles. The largest absolute Gasteiger partial charge is 0.330 e. The van der Waals surface area contributed by atoms with Crippen LogP contribution in [-0.2, 0) is 11.2 Å². The SMILES string of the molecule is CC(=O)Nc1nc(Cc2ccccc2)c[nH]1. The van der Waals surface area contributed by atoms with Gasteiger partial charge in [0.25, 0.3) is 0 Å². The van der Waals surface area contributed by atoms with Crippen LogP contribution in [0.15, 0.2) is 36.5 Å². The first kappa shape index (κ1) is 10.4. The van der Waals surface area contributed by atoms with E-state index in [1.165, 1.54) is 12.5 Å². The van der Waals surface area contributed by atoms with E-state index in [4.69, 9.17) is 0 Å². The van der Waals surface area contributed by atoms with E-state index in [0.29, 0.717) is 5.95 Å². The van der Waals surface area contributed by atoms with Crippen LogP contribution >= 0.6 is 0 Å². The fraction of sp³-hybridized carbons (Fsp3) is 0.167. The normalized spacial score (nSPS) is 10.1. The highest BCUT2D eigenvalue weighted by atomic mass is 16.1. The molecule has 1 aromatic carbocycles. The summed E-state index contributed by atoms with van der Waals surface area (Å²) >= 11 is 0. The van der Waals surface area contributed by atoms with Gasteiger partial charge in [-0.3, -0.25) is 10.1 Å². The first-order valence-corrected chi connectivity index (χ1v) is 5.10. The number of hydrogen-bond acceptors (Lipinski definition) is 2. The number of aromatic nitrogens is 2. The smallest absolute Gasteiger partial charge is 0.223 e. The fourth-order valence-electron chi connectivity index (χ4n) is 1.49. The Morgan fingerprint density at radius 2 is 2.12 bits per heavy atom. The van der Waals surface area contributed by atoms with E-state index >= 15 is 0 Å². The molecule has 0 unspecified atom stereocenters. The molecule has 0 aliphatic heterocycles. The molecule has 0 radical (unpaired) electrons. The van der Waals surface area contributed by atoms with Crippen molar-refractivity contribution in [3.8, 4) is 0 Å². The highest BCUT2D eigenvalue weighted by Crippen LogP contribution is 2.09. The number of imidazole rings is 1. The first-order chi connectivity index (χ1) is 7.74. The fourth-order valence-corrected chi connectivity index (χ4v) is 1.49. The minimum Gasteiger partial charge on any atom is -0.330 e. The van der Waals surface area contributed by atoms with Gasteiger partial charge in [-0.2, -0.15) is 0 Å². The lowest BCUT2D eigenvalue weighted by Gasteiger charge is -1.96. The number of carbonyl (C=O) groups excluding carboxylic acids is 1. The molecular weight excluding hydrogens is 202 g/mol. The Morgan fingerprint density at radius 1 is 1.38 bits per heavy atom. The molecule has 0 bridgehead atoms. The lowest BCUT2D eigenvalue weighted by molar-refractivity contribution is -0.114. The summed E-state index contributed by atoms with van der Waals surface area (Å²) in [5.74, 6) is 0.374. The Bertz CT molecular complexity index is 476. The highest BCUT2D eigenvalue weighted by molar-refractivity contribution is 5.86. The summed E-state index contributed by atoms with van der Waals surface area (Å²) < 4.78 is 0. The van der Waals surface area contributed by atoms with Crippen molar-refractivity contribution in [1.29, 1.82) is 0 Å². The van der Waals surface area contributed by atoms with Gasteiger partial charge in [0.15, 0.2) is 0 Å². The van der Waals surface area contributed by atoms with E-state index in [2.05, 4.69) is 15.3 Å². The summed E-state index contributed by atoms with van der Waals surface area (Å²) in [4.78, 5) is 18.0. The van der Waals surface area contributed by atoms with Crippen molar-refractivity contribution in [3.63, 3.8) is 0 Å². The van der Waals surface area contributed by atoms with Crippen LogP contribution in [0.25, 0.3) is 0 Å². The number of nitrogens with zero attached hydrogens (tertiary/aromatic N) is 1. The number of aromatic amines is 1. The summed E-state index contributed by atoms with van der Waals surface area (Å²) in [7, 11) is 0. The lowest BCUT2D eigenvalue weighted by Crippen LogP contribution is -2.07. The predicted molar refractivity (Wildman–Crippen MR) is 62.1 cm³/mol. The lowest BCUT2D eigenvalue weighted by atomic mass is 10.1. The Hall–Kier alpha value is -2.10. The molecule has 2 aromatic rings. The van der Waals surface area contributed by atoms with Gasteiger partial charge in [-0.15, -0.1) is 0 Å². The van der Waals surface area contributed by atoms with Gasteiger partial charge in [0, 0.05) is 19.5 Å². The summed E-state index contributed by atoms with van der Waals surface area (Å²) in [5, 5.41) is 2.61. The van der Waals surface area contributed by atoms with Crippen LogP contribution in [0.2, 0.25) is 0 Å². The number of benzene rings is 1. The Balaban J connectivity index is 2.06. The number of nitrogens with one attached hydrogen (secondary N) is 2. The quantitative estimate of drug-likeness (QED) is 0.822. The molecular formula is C12H13N3O. The van der Waals surface area contributed by atoms with Gasteiger partial charge in [-0.1, -0.05) is 30.3 Å². The third-order valence-corrected chi connectivity index (χ3v) is 2.15. The standard InChI is InChI=1S/C12H13N3O/c1-9(16)14-12-13-8-11(15-12)7-10-5-3-2-4-6-10/h2-6,8H,7H2,1H3,(H2,13,14,15,16). The molecule has 0 aliphatic carbocycles. The van der Waals surface area contributed by atoms with Gasteiger partial charge >= 0.3 is 0 Å². The Labute approximate surface area is 93.7 Å². The number of H-pyrrole nitrogens is 1. The third kappa shape index (κ3) is 2.70. The zero-order valence-corrected chi connectivity index (χ0v) is 9.03. The molecule has 1 heterocycles. The summed E-state index contributed by atoms with van der Waals surface area (Å²) in [5.41, 5.74) is 2.11. The zero-order valence-electron chi connectivity index (χ0n) is 9.03. The van der Waals surface area contributed by atoms with E-state index in [-0.39, 0.29) is 5.91 Å². The van der Waals surface area contributed by atoms with Crippen molar-refractivity contribution in [2.24, 2.45) is 0 Å². The first-order valence-electron chi connectivity index (χ1n) is 5.10. The molecule has 1 amide bonds. The van der Waals surface area contributed by atoms with Crippen molar-refractivity contribution >= 4 is 11.9 Å². The van der Waals surface area contributed by atoms with Crippen LogP contribution in [0.3, 0.4) is 0 Å². The van der Waals surface area contributed by atoms with Gasteiger partial charge in [-0.05, 0) is 5.56 Å². The van der Waals surface area contributed by atoms with Crippen molar-refractivity contribution in [1.82, 2.24) is 9.97 Å². The van der Waals surface area contributed by atoms with Crippen LogP contribution in [-0.4, -0.2) is 15.9 Å². The van der Waals surface area contributed by atoms with Crippen molar-refractivity contribution in [2.75, 3.05) is 5.32 Å². The molecule has 4 nitrogen and oxygen atoms in total. The molecule has 82 valence electrons. The van der Waals surface area contributed by atoms with Crippen molar-refractivity contribution in [3.05, 3.63) is 47.8 Å². The number of anilines is 1. The van der Waals surface area contributed by atoms with Gasteiger partial charge in [-0.25, -0.2) is 4.98 Å². The van der Waals surface area contributed by atoms with E-state index < -0.39 is 0 Å². The molecule has 2 N–H and O–H groups in total. The number of carbonyl (C=O) groups is 1. The second-order valence-corrected chi connectivity index (χ2v) is 3.58. The Morgan fingerprint density at radius 3 is 2.81 bits per heavy atom. The maximum absolute atomic E-state index is 10.8. The van der Waals surface area contributed by atoms with Crippen molar-refractivity contribution < 1.29 is 4.79 Å². The van der Waals surface area contributed by atoms with Crippen LogP contribution in [0.4, 0.5) is 5.95 Å². The molecule has 0 fully saturated rings. The maximum Gasteiger partial charge on any atom is 0.223 e. The van der Waals surface area contributed by atoms with Crippen LogP contribution in [0.5, 0.6) is 0 Å². The number of hydrogen-bond donors (Lipinski definition) is 2. The molecule has 0 aliphatic rings. The van der Waals surface area contributed by atoms with Gasteiger partial charge < -0.3 is 4.98 Å². The predicted octanol–water partition coefficient (Wildman–Crippen LogP) is 1.96. The average molecular weight is 215 g/mol. The molecule has 0 saturated heterocycles. The molecule has 4 heteroatoms. The van der Waals surface area contributed by atoms with Crippen LogP contribution in [0.1, 0.15) is 18.2 Å². The minimum absolute atomic E-state index is 0.124. The van der Waals surface area contributed by atoms with E-state index in [9.17, 15) is 4.79 Å². The monoisotopic (exact) mass is 215 g/mol. The summed E-state index contributed by atoms with van der Waals surface area (Å²) in [6, 6.07) is 10.1. The second-order valence-electron chi connectivity index (χ2n) is 3.58. The molecule has 2 rings (SSSR count). The van der Waals surface area contributed by atoms with Gasteiger partial charge in [0.1, 0.15) is 0 Å². The van der Waals surface area contributed by atoms with E-state index in [0.717, 1.165) is 12.1 Å². The van der Waals surface area contributed by atoms with E-state index in [1.807, 2.05) is 30.3 Å². The maximum atomic E-state index is 10.8. The minimum atomic E-state index is -0.124. The van der Waals surface area contributed by atoms with Crippen molar-refractivity contribution in [2.45, 2.75) is 13.3 Å². The molecule has 0 spiro atoms. The molecule has 16 heavy (non-hydrogen) atoms. The third-order valence-electron chi connectivity index (χ3n) is 2.15. The summed E-state index contributed by atoms with van der Waals surface area (Å²) in [6.07, 6.45) is 2.56. The highest BCUT2D eigenvalue weighted by Gasteiger charge is 2.02. The molecule has 0 atom stereocenters. The van der Waals surface area contributed by atoms with Gasteiger partial charge in [0.05, 0.1) is 5.69 Å². The van der Waals surface area contributed by atoms with Gasteiger partial charge in [0.2, 0.25) is 11.9 Å².